The third-order valence-electron chi connectivity index (χ3n) is 6.69. The fourth-order valence-corrected chi connectivity index (χ4v) is 5.12. The molecule has 10 heteroatoms. The minimum atomic E-state index is -4.59. The Kier molecular flexibility index (Phi) is 7.04. The fraction of sp³-hybridized carbons (Fsp3) is 0.625. The average molecular weight is 484 g/mol. The van der Waals surface area contributed by atoms with Crippen LogP contribution in [0.25, 0.3) is 0 Å². The Bertz CT molecular complexity index is 960. The lowest BCUT2D eigenvalue weighted by molar-refractivity contribution is -0.158. The minimum Gasteiger partial charge on any atom is -0.481 e. The van der Waals surface area contributed by atoms with Gasteiger partial charge in [-0.1, -0.05) is 6.07 Å². The summed E-state index contributed by atoms with van der Waals surface area (Å²) in [6, 6.07) is 2.56. The van der Waals surface area contributed by atoms with Gasteiger partial charge in [-0.05, 0) is 71.6 Å². The van der Waals surface area contributed by atoms with Crippen molar-refractivity contribution in [3.63, 3.8) is 0 Å². The molecule has 1 saturated carbocycles. The van der Waals surface area contributed by atoms with Crippen LogP contribution in [0.1, 0.15) is 69.3 Å². The zero-order chi connectivity index (χ0) is 25.5. The molecular weight excluding hydrogens is 451 g/mol. The van der Waals surface area contributed by atoms with Crippen LogP contribution in [0.3, 0.4) is 0 Å². The summed E-state index contributed by atoms with van der Waals surface area (Å²) < 4.78 is 38.9. The van der Waals surface area contributed by atoms with Crippen molar-refractivity contribution in [1.82, 2.24) is 15.5 Å². The van der Waals surface area contributed by atoms with E-state index in [1.807, 2.05) is 20.8 Å². The molecule has 2 aliphatic rings. The SMILES string of the molecule is CC(C)(C)N[C@@H]1CC[C@H](N2CCC(NC(=O)c3cccc(C(F)(F)F)c3)C2=O)C(C)(C(=O)O)C1. The highest BCUT2D eigenvalue weighted by Gasteiger charge is 2.52. The molecule has 34 heavy (non-hydrogen) atoms. The second-order valence-corrected chi connectivity index (χ2v) is 10.5. The van der Waals surface area contributed by atoms with Gasteiger partial charge in [0.2, 0.25) is 5.91 Å². The maximum absolute atomic E-state index is 13.1. The van der Waals surface area contributed by atoms with E-state index in [9.17, 15) is 32.7 Å². The molecule has 0 radical (unpaired) electrons. The Labute approximate surface area is 197 Å². The van der Waals surface area contributed by atoms with Crippen molar-refractivity contribution >= 4 is 17.8 Å². The van der Waals surface area contributed by atoms with Crippen LogP contribution in [0.2, 0.25) is 0 Å². The van der Waals surface area contributed by atoms with Crippen LogP contribution in [0.5, 0.6) is 0 Å². The first kappa shape index (κ1) is 26.0. The highest BCUT2D eigenvalue weighted by Crippen LogP contribution is 2.41. The molecule has 4 atom stereocenters. The van der Waals surface area contributed by atoms with Gasteiger partial charge in [-0.15, -0.1) is 0 Å². The molecular formula is C24H32F3N3O4. The topological polar surface area (TPSA) is 98.7 Å². The lowest BCUT2D eigenvalue weighted by Crippen LogP contribution is -2.59. The number of benzene rings is 1. The number of nitrogens with zero attached hydrogens (tertiary/aromatic N) is 1. The number of carboxylic acid groups (broad SMARTS) is 1. The summed E-state index contributed by atoms with van der Waals surface area (Å²) in [7, 11) is 0. The number of likely N-dealkylation sites (tertiary alicyclic amines) is 1. The quantitative estimate of drug-likeness (QED) is 0.596. The number of carbonyl (C=O) groups is 3. The monoisotopic (exact) mass is 483 g/mol. The number of carbonyl (C=O) groups excluding carboxylic acids is 2. The number of halogens is 3. The van der Waals surface area contributed by atoms with Gasteiger partial charge in [0, 0.05) is 29.7 Å². The zero-order valence-electron chi connectivity index (χ0n) is 19.8. The van der Waals surface area contributed by atoms with E-state index in [1.54, 1.807) is 6.92 Å². The molecule has 2 amide bonds. The molecule has 0 bridgehead atoms. The number of amides is 2. The van der Waals surface area contributed by atoms with E-state index < -0.39 is 47.0 Å². The van der Waals surface area contributed by atoms with Crippen molar-refractivity contribution in [1.29, 1.82) is 0 Å². The normalized spacial score (nSPS) is 28.1. The molecule has 2 fully saturated rings. The van der Waals surface area contributed by atoms with E-state index in [1.165, 1.54) is 11.0 Å². The van der Waals surface area contributed by atoms with Crippen molar-refractivity contribution in [3.05, 3.63) is 35.4 Å². The lowest BCUT2D eigenvalue weighted by atomic mass is 9.68. The molecule has 2 unspecified atom stereocenters. The van der Waals surface area contributed by atoms with Gasteiger partial charge in [-0.25, -0.2) is 0 Å². The summed E-state index contributed by atoms with van der Waals surface area (Å²) in [5.74, 6) is -2.16. The maximum atomic E-state index is 13.1. The molecule has 3 rings (SSSR count). The molecule has 0 aromatic heterocycles. The summed E-state index contributed by atoms with van der Waals surface area (Å²) in [6.45, 7) is 7.96. The van der Waals surface area contributed by atoms with Crippen LogP contribution in [0.4, 0.5) is 13.2 Å². The predicted octanol–water partition coefficient (Wildman–Crippen LogP) is 3.44. The van der Waals surface area contributed by atoms with Crippen molar-refractivity contribution in [2.45, 2.75) is 83.2 Å². The molecule has 188 valence electrons. The molecule has 0 spiro atoms. The van der Waals surface area contributed by atoms with E-state index in [2.05, 4.69) is 10.6 Å². The van der Waals surface area contributed by atoms with Gasteiger partial charge in [0.05, 0.1) is 11.0 Å². The zero-order valence-corrected chi connectivity index (χ0v) is 19.8. The van der Waals surface area contributed by atoms with E-state index in [0.29, 0.717) is 19.3 Å². The molecule has 1 heterocycles. The summed E-state index contributed by atoms with van der Waals surface area (Å²) >= 11 is 0. The third kappa shape index (κ3) is 5.54. The largest absolute Gasteiger partial charge is 0.481 e. The Balaban J connectivity index is 1.72. The van der Waals surface area contributed by atoms with E-state index in [-0.39, 0.29) is 30.1 Å². The summed E-state index contributed by atoms with van der Waals surface area (Å²) in [5.41, 5.74) is -2.49. The number of nitrogens with one attached hydrogen (secondary N) is 2. The van der Waals surface area contributed by atoms with Crippen molar-refractivity contribution in [2.24, 2.45) is 5.41 Å². The van der Waals surface area contributed by atoms with E-state index >= 15 is 0 Å². The van der Waals surface area contributed by atoms with Gasteiger partial charge in [0.15, 0.2) is 0 Å². The Hall–Kier alpha value is -2.62. The Morgan fingerprint density at radius 1 is 1.15 bits per heavy atom. The average Bonchev–Trinajstić information content (AvgIpc) is 3.06. The van der Waals surface area contributed by atoms with Gasteiger partial charge >= 0.3 is 12.1 Å². The molecule has 1 aliphatic carbocycles. The first-order chi connectivity index (χ1) is 15.6. The first-order valence-electron chi connectivity index (χ1n) is 11.4. The number of alkyl halides is 3. The fourth-order valence-electron chi connectivity index (χ4n) is 5.12. The van der Waals surface area contributed by atoms with Gasteiger partial charge in [-0.3, -0.25) is 14.4 Å². The predicted molar refractivity (Wildman–Crippen MR) is 119 cm³/mol. The molecule has 1 saturated heterocycles. The van der Waals surface area contributed by atoms with Crippen molar-refractivity contribution in [2.75, 3.05) is 6.54 Å². The van der Waals surface area contributed by atoms with Gasteiger partial charge in [0.1, 0.15) is 6.04 Å². The van der Waals surface area contributed by atoms with Crippen LogP contribution in [-0.2, 0) is 15.8 Å². The van der Waals surface area contributed by atoms with Crippen molar-refractivity contribution in [3.8, 4) is 0 Å². The number of carboxylic acids is 1. The van der Waals surface area contributed by atoms with Crippen LogP contribution in [-0.4, -0.2) is 58.0 Å². The second kappa shape index (κ2) is 9.20. The van der Waals surface area contributed by atoms with Crippen LogP contribution in [0.15, 0.2) is 24.3 Å². The minimum absolute atomic E-state index is 0.00790. The third-order valence-corrected chi connectivity index (χ3v) is 6.69. The number of hydrogen-bond acceptors (Lipinski definition) is 4. The molecule has 3 N–H and O–H groups in total. The molecule has 1 aromatic rings. The smallest absolute Gasteiger partial charge is 0.416 e. The van der Waals surface area contributed by atoms with Crippen LogP contribution in [0, 0.1) is 5.41 Å². The van der Waals surface area contributed by atoms with Crippen LogP contribution < -0.4 is 10.6 Å². The molecule has 1 aromatic carbocycles. The summed E-state index contributed by atoms with van der Waals surface area (Å²) in [6.07, 6.45) is -2.76. The first-order valence-corrected chi connectivity index (χ1v) is 11.4. The van der Waals surface area contributed by atoms with E-state index in [4.69, 9.17) is 0 Å². The number of hydrogen-bond donors (Lipinski definition) is 3. The number of rotatable bonds is 5. The van der Waals surface area contributed by atoms with Gasteiger partial charge in [0.25, 0.3) is 5.91 Å². The van der Waals surface area contributed by atoms with Gasteiger partial charge in [-0.2, -0.15) is 13.2 Å². The molecule has 7 nitrogen and oxygen atoms in total. The second-order valence-electron chi connectivity index (χ2n) is 10.5. The van der Waals surface area contributed by atoms with Gasteiger partial charge < -0.3 is 20.6 Å². The van der Waals surface area contributed by atoms with E-state index in [0.717, 1.165) is 18.2 Å². The number of aliphatic carboxylic acids is 1. The molecule has 1 aliphatic heterocycles. The Morgan fingerprint density at radius 2 is 1.82 bits per heavy atom. The Morgan fingerprint density at radius 3 is 2.41 bits per heavy atom. The maximum Gasteiger partial charge on any atom is 0.416 e. The highest BCUT2D eigenvalue weighted by atomic mass is 19.4. The summed E-state index contributed by atoms with van der Waals surface area (Å²) in [5, 5.41) is 16.0. The highest BCUT2D eigenvalue weighted by molar-refractivity contribution is 5.98. The standard InChI is InChI=1S/C24H32F3N3O4/c1-22(2,3)29-16-8-9-18(23(4,13-16)21(33)34)30-11-10-17(20(30)32)28-19(31)14-6-5-7-15(12-14)24(25,26)27/h5-7,12,16-18,29H,8-11,13H2,1-4H3,(H,28,31)(H,33,34)/t16-,17?,18+,23?/m1/s1. The summed E-state index contributed by atoms with van der Waals surface area (Å²) in [4.78, 5) is 39.5. The van der Waals surface area contributed by atoms with Crippen molar-refractivity contribution < 1.29 is 32.7 Å². The lowest BCUT2D eigenvalue weighted by Gasteiger charge is -2.47. The van der Waals surface area contributed by atoms with Crippen LogP contribution >= 0.6 is 0 Å².